The largest absolute Gasteiger partial charge is 0.340 e. The highest BCUT2D eigenvalue weighted by Crippen LogP contribution is 2.20. The Labute approximate surface area is 149 Å². The third-order valence-electron chi connectivity index (χ3n) is 3.35. The van der Waals surface area contributed by atoms with Crippen LogP contribution < -0.4 is 0 Å². The molecule has 1 amide bonds. The lowest BCUT2D eigenvalue weighted by atomic mass is 10.1. The molecule has 0 fully saturated rings. The summed E-state index contributed by atoms with van der Waals surface area (Å²) in [7, 11) is 3.73. The molecule has 120 valence electrons. The second kappa shape index (κ2) is 8.25. The third kappa shape index (κ3) is 5.47. The summed E-state index contributed by atoms with van der Waals surface area (Å²) in [6.07, 6.45) is 0. The smallest absolute Gasteiger partial charge is 0.236 e. The Morgan fingerprint density at radius 2 is 2.09 bits per heavy atom. The van der Waals surface area contributed by atoms with Crippen LogP contribution in [0.15, 0.2) is 40.2 Å². The highest BCUT2D eigenvalue weighted by Gasteiger charge is 2.13. The SMILES string of the molecule is CN(CC(=O)N(C)Cc1cc(Br)cs1)Cc1cccc(C#N)c1. The number of halogens is 1. The number of likely N-dealkylation sites (N-methyl/N-ethyl adjacent to an activating group) is 2. The standard InChI is InChI=1S/C17H18BrN3OS/c1-20(9-14-5-3-4-13(6-14)8-19)11-17(22)21(2)10-16-7-15(18)12-23-16/h3-7,12H,9-11H2,1-2H3. The fraction of sp³-hybridized carbons (Fsp3) is 0.294. The molecule has 6 heteroatoms. The van der Waals surface area contributed by atoms with Crippen LogP contribution in [0.1, 0.15) is 16.0 Å². The molecule has 0 bridgehead atoms. The minimum atomic E-state index is 0.0773. The molecule has 0 saturated heterocycles. The summed E-state index contributed by atoms with van der Waals surface area (Å²) in [5.41, 5.74) is 1.67. The van der Waals surface area contributed by atoms with E-state index in [1.54, 1.807) is 22.3 Å². The first kappa shape index (κ1) is 17.7. The molecule has 0 aliphatic rings. The van der Waals surface area contributed by atoms with Gasteiger partial charge in [0.2, 0.25) is 5.91 Å². The van der Waals surface area contributed by atoms with Crippen molar-refractivity contribution in [3.8, 4) is 6.07 Å². The van der Waals surface area contributed by atoms with E-state index in [9.17, 15) is 4.79 Å². The zero-order valence-corrected chi connectivity index (χ0v) is 15.5. The molecular weight excluding hydrogens is 374 g/mol. The topological polar surface area (TPSA) is 47.3 Å². The van der Waals surface area contributed by atoms with Crippen molar-refractivity contribution in [1.82, 2.24) is 9.80 Å². The van der Waals surface area contributed by atoms with Crippen LogP contribution in [0.2, 0.25) is 0 Å². The molecule has 23 heavy (non-hydrogen) atoms. The van der Waals surface area contributed by atoms with Crippen molar-refractivity contribution >= 4 is 33.2 Å². The van der Waals surface area contributed by atoms with E-state index in [-0.39, 0.29) is 5.91 Å². The summed E-state index contributed by atoms with van der Waals surface area (Å²) in [6.45, 7) is 1.60. The van der Waals surface area contributed by atoms with Crippen molar-refractivity contribution < 1.29 is 4.79 Å². The van der Waals surface area contributed by atoms with Gasteiger partial charge in [-0.15, -0.1) is 11.3 Å². The second-order valence-corrected chi connectivity index (χ2v) is 7.38. The summed E-state index contributed by atoms with van der Waals surface area (Å²) >= 11 is 5.06. The minimum Gasteiger partial charge on any atom is -0.340 e. The van der Waals surface area contributed by atoms with Gasteiger partial charge in [-0.05, 0) is 46.7 Å². The second-order valence-electron chi connectivity index (χ2n) is 5.47. The normalized spacial score (nSPS) is 10.6. The lowest BCUT2D eigenvalue weighted by Gasteiger charge is -2.21. The third-order valence-corrected chi connectivity index (χ3v) is 5.04. The van der Waals surface area contributed by atoms with E-state index in [4.69, 9.17) is 5.26 Å². The van der Waals surface area contributed by atoms with Crippen molar-refractivity contribution in [2.24, 2.45) is 0 Å². The van der Waals surface area contributed by atoms with Gasteiger partial charge in [-0.1, -0.05) is 12.1 Å². The van der Waals surface area contributed by atoms with Crippen LogP contribution in [0, 0.1) is 11.3 Å². The van der Waals surface area contributed by atoms with Gasteiger partial charge in [-0.3, -0.25) is 9.69 Å². The van der Waals surface area contributed by atoms with Crippen LogP contribution in [0.25, 0.3) is 0 Å². The van der Waals surface area contributed by atoms with Gasteiger partial charge in [0.05, 0.1) is 24.7 Å². The Balaban J connectivity index is 1.87. The number of hydrogen-bond acceptors (Lipinski definition) is 4. The molecular formula is C17H18BrN3OS. The number of carbonyl (C=O) groups excluding carboxylic acids is 1. The Hall–Kier alpha value is -1.68. The summed E-state index contributed by atoms with van der Waals surface area (Å²) in [5.74, 6) is 0.0773. The first-order valence-corrected chi connectivity index (χ1v) is 8.79. The van der Waals surface area contributed by atoms with Crippen LogP contribution in [0.5, 0.6) is 0 Å². The van der Waals surface area contributed by atoms with E-state index in [1.165, 1.54) is 0 Å². The maximum absolute atomic E-state index is 12.3. The van der Waals surface area contributed by atoms with Gasteiger partial charge in [-0.2, -0.15) is 5.26 Å². The molecule has 0 spiro atoms. The van der Waals surface area contributed by atoms with E-state index in [1.807, 2.05) is 48.6 Å². The summed E-state index contributed by atoms with van der Waals surface area (Å²) in [5, 5.41) is 10.9. The van der Waals surface area contributed by atoms with Crippen LogP contribution in [-0.2, 0) is 17.9 Å². The van der Waals surface area contributed by atoms with E-state index in [2.05, 4.69) is 22.0 Å². The molecule has 0 atom stereocenters. The van der Waals surface area contributed by atoms with Gasteiger partial charge < -0.3 is 4.90 Å². The van der Waals surface area contributed by atoms with Gasteiger partial charge in [0.25, 0.3) is 0 Å². The number of benzene rings is 1. The van der Waals surface area contributed by atoms with Crippen LogP contribution >= 0.6 is 27.3 Å². The predicted molar refractivity (Wildman–Crippen MR) is 96.0 cm³/mol. The van der Waals surface area contributed by atoms with Crippen molar-refractivity contribution in [2.45, 2.75) is 13.1 Å². The van der Waals surface area contributed by atoms with Crippen molar-refractivity contribution in [1.29, 1.82) is 5.26 Å². The lowest BCUT2D eigenvalue weighted by molar-refractivity contribution is -0.131. The molecule has 0 saturated carbocycles. The van der Waals surface area contributed by atoms with Crippen LogP contribution in [0.4, 0.5) is 0 Å². The lowest BCUT2D eigenvalue weighted by Crippen LogP contribution is -2.35. The van der Waals surface area contributed by atoms with Crippen molar-refractivity contribution in [3.63, 3.8) is 0 Å². The Morgan fingerprint density at radius 3 is 2.74 bits per heavy atom. The minimum absolute atomic E-state index is 0.0773. The maximum atomic E-state index is 12.3. The number of nitrogens with zero attached hydrogens (tertiary/aromatic N) is 3. The fourth-order valence-corrected chi connectivity index (χ4v) is 3.72. The molecule has 2 aromatic rings. The zero-order chi connectivity index (χ0) is 16.8. The number of hydrogen-bond donors (Lipinski definition) is 0. The fourth-order valence-electron chi connectivity index (χ4n) is 2.22. The highest BCUT2D eigenvalue weighted by atomic mass is 79.9. The number of carbonyl (C=O) groups is 1. The Morgan fingerprint density at radius 1 is 1.30 bits per heavy atom. The summed E-state index contributed by atoms with van der Waals surface area (Å²) in [4.78, 5) is 17.1. The number of thiophene rings is 1. The zero-order valence-electron chi connectivity index (χ0n) is 13.1. The molecule has 0 aliphatic carbocycles. The van der Waals surface area contributed by atoms with E-state index < -0.39 is 0 Å². The maximum Gasteiger partial charge on any atom is 0.236 e. The predicted octanol–water partition coefficient (Wildman–Crippen LogP) is 3.47. The van der Waals surface area contributed by atoms with Gasteiger partial charge in [-0.25, -0.2) is 0 Å². The van der Waals surface area contributed by atoms with Gasteiger partial charge in [0, 0.05) is 28.3 Å². The number of amides is 1. The van der Waals surface area contributed by atoms with Gasteiger partial charge >= 0.3 is 0 Å². The van der Waals surface area contributed by atoms with E-state index >= 15 is 0 Å². The molecule has 4 nitrogen and oxygen atoms in total. The molecule has 1 heterocycles. The first-order chi connectivity index (χ1) is 11.0. The molecule has 1 aromatic carbocycles. The first-order valence-electron chi connectivity index (χ1n) is 7.12. The van der Waals surface area contributed by atoms with Crippen molar-refractivity contribution in [2.75, 3.05) is 20.6 Å². The quantitative estimate of drug-likeness (QED) is 0.757. The summed E-state index contributed by atoms with van der Waals surface area (Å²) in [6, 6.07) is 11.6. The van der Waals surface area contributed by atoms with E-state index in [0.29, 0.717) is 25.2 Å². The number of rotatable bonds is 6. The Bertz CT molecular complexity index is 723. The summed E-state index contributed by atoms with van der Waals surface area (Å²) < 4.78 is 1.05. The molecule has 2 rings (SSSR count). The molecule has 0 N–H and O–H groups in total. The molecule has 1 aromatic heterocycles. The van der Waals surface area contributed by atoms with Gasteiger partial charge in [0.15, 0.2) is 0 Å². The monoisotopic (exact) mass is 391 g/mol. The average molecular weight is 392 g/mol. The van der Waals surface area contributed by atoms with Crippen LogP contribution in [0.3, 0.4) is 0 Å². The Kier molecular flexibility index (Phi) is 6.34. The van der Waals surface area contributed by atoms with Crippen molar-refractivity contribution in [3.05, 3.63) is 56.2 Å². The average Bonchev–Trinajstić information content (AvgIpc) is 2.92. The van der Waals surface area contributed by atoms with Crippen LogP contribution in [-0.4, -0.2) is 36.3 Å². The molecule has 0 aliphatic heterocycles. The van der Waals surface area contributed by atoms with E-state index in [0.717, 1.165) is 14.9 Å². The molecule has 0 radical (unpaired) electrons. The number of nitriles is 1. The molecule has 0 unspecified atom stereocenters. The highest BCUT2D eigenvalue weighted by molar-refractivity contribution is 9.10. The van der Waals surface area contributed by atoms with Gasteiger partial charge in [0.1, 0.15) is 0 Å².